The van der Waals surface area contributed by atoms with Crippen LogP contribution in [0.25, 0.3) is 0 Å². The fraction of sp³-hybridized carbons (Fsp3) is 0.800. The smallest absolute Gasteiger partial charge is 0.320 e. The summed E-state index contributed by atoms with van der Waals surface area (Å²) in [5, 5.41) is 11.2. The Labute approximate surface area is 56.0 Å². The van der Waals surface area contributed by atoms with E-state index in [4.69, 9.17) is 5.11 Å². The molecular formula is C5H12BNO2. The van der Waals surface area contributed by atoms with Crippen molar-refractivity contribution >= 4 is 14.4 Å². The van der Waals surface area contributed by atoms with Crippen LogP contribution in [0.5, 0.6) is 0 Å². The zero-order chi connectivity index (χ0) is 5.98. The molecule has 1 saturated heterocycles. The highest BCUT2D eigenvalue weighted by atomic mass is 16.4. The third kappa shape index (κ3) is 2.05. The molecule has 1 fully saturated rings. The quantitative estimate of drug-likeness (QED) is 0.430. The first-order valence-electron chi connectivity index (χ1n) is 2.77. The van der Waals surface area contributed by atoms with E-state index in [1.54, 1.807) is 0 Å². The van der Waals surface area contributed by atoms with Crippen LogP contribution in [0.2, 0.25) is 0 Å². The Morgan fingerprint density at radius 2 is 2.33 bits per heavy atom. The highest BCUT2D eigenvalue weighted by Gasteiger charge is 2.20. The molecule has 9 heavy (non-hydrogen) atoms. The van der Waals surface area contributed by atoms with Crippen molar-refractivity contribution in [3.63, 3.8) is 0 Å². The summed E-state index contributed by atoms with van der Waals surface area (Å²) in [4.78, 5) is 10.1. The Morgan fingerprint density at radius 1 is 1.67 bits per heavy atom. The number of hydrogen-bond donors (Lipinski definition) is 2. The lowest BCUT2D eigenvalue weighted by molar-refractivity contribution is -0.139. The molecule has 0 radical (unpaired) electrons. The van der Waals surface area contributed by atoms with Crippen LogP contribution >= 0.6 is 0 Å². The molecule has 3 nitrogen and oxygen atoms in total. The second-order valence-corrected chi connectivity index (χ2v) is 1.99. The third-order valence-electron chi connectivity index (χ3n) is 1.36. The van der Waals surface area contributed by atoms with Crippen LogP contribution in [0.3, 0.4) is 0 Å². The summed E-state index contributed by atoms with van der Waals surface area (Å²) in [6.45, 7) is 0.858. The Hall–Kier alpha value is -0.505. The fourth-order valence-electron chi connectivity index (χ4n) is 0.895. The predicted octanol–water partition coefficient (Wildman–Crippen LogP) is -1.36. The highest BCUT2D eigenvalue weighted by Crippen LogP contribution is 2.03. The molecule has 1 aliphatic heterocycles. The number of carboxylic acid groups (broad SMARTS) is 1. The van der Waals surface area contributed by atoms with Crippen LogP contribution in [0, 0.1) is 0 Å². The standard InChI is InChI=1S/C5H9NO2.BH3/c7-5(8)4-2-1-3-6-4;/h4,6H,1-3H2,(H,7,8);1H3/t4-;/m0./s1. The van der Waals surface area contributed by atoms with Crippen molar-refractivity contribution in [2.24, 2.45) is 0 Å². The summed E-state index contributed by atoms with van der Waals surface area (Å²) in [7, 11) is 0. The molecule has 0 aromatic heterocycles. The third-order valence-corrected chi connectivity index (χ3v) is 1.36. The molecule has 1 heterocycles. The topological polar surface area (TPSA) is 49.3 Å². The first-order valence-corrected chi connectivity index (χ1v) is 2.77. The van der Waals surface area contributed by atoms with Gasteiger partial charge in [-0.25, -0.2) is 0 Å². The monoisotopic (exact) mass is 129 g/mol. The van der Waals surface area contributed by atoms with Crippen LogP contribution in [0.15, 0.2) is 0 Å². The van der Waals surface area contributed by atoms with Gasteiger partial charge >= 0.3 is 5.97 Å². The number of aliphatic carboxylic acids is 1. The minimum absolute atomic E-state index is 0. The second kappa shape index (κ2) is 3.51. The molecule has 0 aliphatic carbocycles. The van der Waals surface area contributed by atoms with Crippen LogP contribution in [-0.2, 0) is 4.79 Å². The van der Waals surface area contributed by atoms with Crippen molar-refractivity contribution in [3.8, 4) is 0 Å². The van der Waals surface area contributed by atoms with Gasteiger partial charge < -0.3 is 10.4 Å². The molecule has 0 saturated carbocycles. The number of carboxylic acids is 1. The van der Waals surface area contributed by atoms with Crippen molar-refractivity contribution in [1.82, 2.24) is 5.32 Å². The minimum atomic E-state index is -0.720. The maximum atomic E-state index is 10.1. The molecule has 4 heteroatoms. The summed E-state index contributed by atoms with van der Waals surface area (Å²) < 4.78 is 0. The van der Waals surface area contributed by atoms with E-state index in [-0.39, 0.29) is 14.5 Å². The lowest BCUT2D eigenvalue weighted by atomic mass is 10.2. The molecule has 0 unspecified atom stereocenters. The molecule has 0 aromatic carbocycles. The zero-order valence-electron chi connectivity index (χ0n) is 4.55. The second-order valence-electron chi connectivity index (χ2n) is 1.99. The van der Waals surface area contributed by atoms with Gasteiger partial charge in [0.2, 0.25) is 0 Å². The van der Waals surface area contributed by atoms with Gasteiger partial charge in [0.05, 0.1) is 8.41 Å². The number of carbonyl (C=O) groups is 1. The Bertz CT molecular complexity index is 101. The Balaban J connectivity index is 0.000000640. The van der Waals surface area contributed by atoms with E-state index in [0.29, 0.717) is 0 Å². The predicted molar refractivity (Wildman–Crippen MR) is 38.6 cm³/mol. The highest BCUT2D eigenvalue weighted by molar-refractivity contribution is 5.75. The van der Waals surface area contributed by atoms with Crippen LogP contribution < -0.4 is 5.32 Å². The van der Waals surface area contributed by atoms with Crippen molar-refractivity contribution in [1.29, 1.82) is 0 Å². The Morgan fingerprint density at radius 3 is 2.56 bits per heavy atom. The van der Waals surface area contributed by atoms with E-state index >= 15 is 0 Å². The van der Waals surface area contributed by atoms with Crippen LogP contribution in [0.1, 0.15) is 12.8 Å². The summed E-state index contributed by atoms with van der Waals surface area (Å²) in [5.41, 5.74) is 0. The van der Waals surface area contributed by atoms with Crippen molar-refractivity contribution in [3.05, 3.63) is 0 Å². The average molecular weight is 129 g/mol. The first-order chi connectivity index (χ1) is 3.80. The van der Waals surface area contributed by atoms with Gasteiger partial charge in [0.15, 0.2) is 0 Å². The number of rotatable bonds is 1. The molecular weight excluding hydrogens is 117 g/mol. The van der Waals surface area contributed by atoms with Gasteiger partial charge in [-0.1, -0.05) is 0 Å². The van der Waals surface area contributed by atoms with Crippen LogP contribution in [0.4, 0.5) is 0 Å². The normalized spacial score (nSPS) is 25.1. The van der Waals surface area contributed by atoms with E-state index < -0.39 is 5.97 Å². The molecule has 1 atom stereocenters. The maximum Gasteiger partial charge on any atom is 0.320 e. The number of nitrogens with one attached hydrogen (secondary N) is 1. The van der Waals surface area contributed by atoms with Gasteiger partial charge in [0.25, 0.3) is 0 Å². The molecule has 0 aromatic rings. The van der Waals surface area contributed by atoms with E-state index in [9.17, 15) is 4.79 Å². The molecule has 1 rings (SSSR count). The fourth-order valence-corrected chi connectivity index (χ4v) is 0.895. The van der Waals surface area contributed by atoms with E-state index in [2.05, 4.69) is 5.32 Å². The van der Waals surface area contributed by atoms with E-state index in [1.807, 2.05) is 0 Å². The lowest BCUT2D eigenvalue weighted by Gasteiger charge is -1.99. The SMILES string of the molecule is B.O=C(O)[C@@H]1CCCN1. The summed E-state index contributed by atoms with van der Waals surface area (Å²) in [6, 6.07) is -0.269. The summed E-state index contributed by atoms with van der Waals surface area (Å²) in [6.07, 6.45) is 1.78. The van der Waals surface area contributed by atoms with E-state index in [0.717, 1.165) is 19.4 Å². The van der Waals surface area contributed by atoms with Gasteiger partial charge in [-0.3, -0.25) is 4.79 Å². The molecule has 1 aliphatic rings. The molecule has 0 amide bonds. The first kappa shape index (κ1) is 8.49. The summed E-state index contributed by atoms with van der Waals surface area (Å²) in [5.74, 6) is -0.720. The van der Waals surface area contributed by atoms with Gasteiger partial charge in [-0.2, -0.15) is 0 Å². The molecule has 52 valence electrons. The average Bonchev–Trinajstić information content (AvgIpc) is 2.12. The largest absolute Gasteiger partial charge is 0.480 e. The lowest BCUT2D eigenvalue weighted by Crippen LogP contribution is -2.29. The van der Waals surface area contributed by atoms with Gasteiger partial charge in [-0.15, -0.1) is 0 Å². The number of hydrogen-bond acceptors (Lipinski definition) is 2. The molecule has 0 bridgehead atoms. The summed E-state index contributed by atoms with van der Waals surface area (Å²) >= 11 is 0. The van der Waals surface area contributed by atoms with Gasteiger partial charge in [-0.05, 0) is 19.4 Å². The van der Waals surface area contributed by atoms with Crippen molar-refractivity contribution in [2.75, 3.05) is 6.54 Å². The van der Waals surface area contributed by atoms with Crippen LogP contribution in [-0.4, -0.2) is 32.1 Å². The van der Waals surface area contributed by atoms with E-state index in [1.165, 1.54) is 0 Å². The molecule has 0 spiro atoms. The zero-order valence-corrected chi connectivity index (χ0v) is 4.55. The van der Waals surface area contributed by atoms with Crippen molar-refractivity contribution < 1.29 is 9.90 Å². The van der Waals surface area contributed by atoms with Crippen molar-refractivity contribution in [2.45, 2.75) is 18.9 Å². The Kier molecular flexibility index (Phi) is 3.31. The molecule has 2 N–H and O–H groups in total. The van der Waals surface area contributed by atoms with Gasteiger partial charge in [0, 0.05) is 0 Å². The minimum Gasteiger partial charge on any atom is -0.480 e. The maximum absolute atomic E-state index is 10.1. The van der Waals surface area contributed by atoms with Gasteiger partial charge in [0.1, 0.15) is 6.04 Å².